The summed E-state index contributed by atoms with van der Waals surface area (Å²) in [7, 11) is 0. The fourth-order valence-electron chi connectivity index (χ4n) is 12.5. The normalized spacial score (nSPS) is 14.6. The Kier molecular flexibility index (Phi) is 9.97. The molecule has 346 valence electrons. The van der Waals surface area contributed by atoms with E-state index in [-0.39, 0.29) is 10.8 Å². The number of rotatable bonds is 6. The van der Waals surface area contributed by atoms with E-state index in [0.717, 1.165) is 17.1 Å². The van der Waals surface area contributed by atoms with E-state index in [1.54, 1.807) is 0 Å². The van der Waals surface area contributed by atoms with Gasteiger partial charge in [0.05, 0.1) is 11.1 Å². The fourth-order valence-corrected chi connectivity index (χ4v) is 12.5. The Hall–Kier alpha value is -8.26. The highest BCUT2D eigenvalue weighted by Crippen LogP contribution is 2.64. The van der Waals surface area contributed by atoms with Crippen molar-refractivity contribution < 1.29 is 0 Å². The fraction of sp³-hybridized carbons (Fsp3) is 0.127. The number of hydrogen-bond donors (Lipinski definition) is 0. The zero-order chi connectivity index (χ0) is 48.9. The summed E-state index contributed by atoms with van der Waals surface area (Å²) >= 11 is 0. The van der Waals surface area contributed by atoms with Crippen molar-refractivity contribution in [3.05, 3.63) is 270 Å². The molecule has 0 fully saturated rings. The highest BCUT2D eigenvalue weighted by molar-refractivity contribution is 6.15. The van der Waals surface area contributed by atoms with Crippen molar-refractivity contribution in [2.24, 2.45) is 0 Å². The minimum absolute atomic E-state index is 0.0650. The van der Waals surface area contributed by atoms with Crippen LogP contribution in [0.4, 0.5) is 17.1 Å². The van der Waals surface area contributed by atoms with Gasteiger partial charge in [0.2, 0.25) is 0 Å². The van der Waals surface area contributed by atoms with Gasteiger partial charge in [0.25, 0.3) is 0 Å². The molecule has 11 aromatic rings. The monoisotopic (exact) mass is 923 g/mol. The van der Waals surface area contributed by atoms with Crippen molar-refractivity contribution >= 4 is 38.6 Å². The van der Waals surface area contributed by atoms with Crippen LogP contribution in [0.5, 0.6) is 0 Å². The van der Waals surface area contributed by atoms with E-state index in [2.05, 4.69) is 283 Å². The molecule has 1 unspecified atom stereocenters. The Balaban J connectivity index is 1.15. The maximum absolute atomic E-state index is 2.62. The molecule has 13 rings (SSSR count). The summed E-state index contributed by atoms with van der Waals surface area (Å²) in [5, 5.41) is 5.33. The van der Waals surface area contributed by atoms with Gasteiger partial charge in [-0.15, -0.1) is 0 Å². The van der Waals surface area contributed by atoms with Gasteiger partial charge in [-0.1, -0.05) is 242 Å². The molecule has 0 aromatic heterocycles. The molecular weight excluding hydrogens is 867 g/mol. The van der Waals surface area contributed by atoms with E-state index in [9.17, 15) is 0 Å². The first kappa shape index (κ1) is 43.7. The molecule has 0 bridgehead atoms. The first-order valence-corrected chi connectivity index (χ1v) is 25.6. The summed E-state index contributed by atoms with van der Waals surface area (Å²) in [6.45, 7) is 14.2. The lowest BCUT2D eigenvalue weighted by atomic mass is 9.59. The zero-order valence-electron chi connectivity index (χ0n) is 42.0. The van der Waals surface area contributed by atoms with Gasteiger partial charge in [-0.25, -0.2) is 0 Å². The van der Waals surface area contributed by atoms with Gasteiger partial charge < -0.3 is 4.90 Å². The largest absolute Gasteiger partial charge is 0.310 e. The average Bonchev–Trinajstić information content (AvgIpc) is 3.70. The predicted octanol–water partition coefficient (Wildman–Crippen LogP) is 19.4. The SMILES string of the molecule is CC(C)(C)c1cc2c(c3ccccc13)-c1ccc(C(C)(C)C)c3cccc(c13)C21c2ccccc2-c2ccc(N(c3ccc(-c4ccccc4)cc3)c3ccc(-c4ccccc4)cc3-c3ccccc3)cc21. The Morgan fingerprint density at radius 1 is 0.306 bits per heavy atom. The molecule has 72 heavy (non-hydrogen) atoms. The Morgan fingerprint density at radius 2 is 0.833 bits per heavy atom. The second-order valence-corrected chi connectivity index (χ2v) is 22.0. The first-order valence-electron chi connectivity index (χ1n) is 25.6. The molecule has 1 nitrogen and oxygen atoms in total. The third kappa shape index (κ3) is 6.67. The molecule has 0 N–H and O–H groups in total. The molecular formula is C71H57N. The van der Waals surface area contributed by atoms with Crippen LogP contribution in [0.2, 0.25) is 0 Å². The van der Waals surface area contributed by atoms with Crippen LogP contribution in [0.25, 0.3) is 77.2 Å². The van der Waals surface area contributed by atoms with Crippen molar-refractivity contribution in [2.75, 3.05) is 4.90 Å². The number of nitrogens with zero attached hydrogens (tertiary/aromatic N) is 1. The first-order chi connectivity index (χ1) is 35.0. The zero-order valence-corrected chi connectivity index (χ0v) is 42.0. The van der Waals surface area contributed by atoms with Crippen LogP contribution in [0.3, 0.4) is 0 Å². The van der Waals surface area contributed by atoms with Gasteiger partial charge in [-0.3, -0.25) is 0 Å². The van der Waals surface area contributed by atoms with Gasteiger partial charge in [-0.2, -0.15) is 0 Å². The molecule has 2 aliphatic carbocycles. The second kappa shape index (κ2) is 16.4. The van der Waals surface area contributed by atoms with Crippen LogP contribution in [0.1, 0.15) is 74.9 Å². The standard InChI is InChI=1S/C71H57N/c1-69(2,3)60-41-40-58-67-56-29-17-16-28-54(56)63(70(4,5)6)45-65(67)71(62-32-20-30-57(60)68(58)62)61-31-19-18-27-53(61)55-39-38-52(44-64(55)71)72(51-36-33-48(34-37-51)46-21-10-7-11-22-46)66-42-35-50(47-23-12-8-13-24-47)43-59(66)49-25-14-9-15-26-49/h7-45H,1-6H3. The highest BCUT2D eigenvalue weighted by atomic mass is 15.1. The summed E-state index contributed by atoms with van der Waals surface area (Å²) in [6.07, 6.45) is 0. The predicted molar refractivity (Wildman–Crippen MR) is 306 cm³/mol. The van der Waals surface area contributed by atoms with E-state index in [1.807, 2.05) is 0 Å². The Labute approximate surface area is 424 Å². The molecule has 0 saturated carbocycles. The smallest absolute Gasteiger partial charge is 0.0726 e. The van der Waals surface area contributed by atoms with Crippen molar-refractivity contribution in [3.8, 4) is 55.6 Å². The number of fused-ring (bicyclic) bond motifs is 11. The van der Waals surface area contributed by atoms with E-state index in [0.29, 0.717) is 0 Å². The summed E-state index contributed by atoms with van der Waals surface area (Å²) < 4.78 is 0. The lowest BCUT2D eigenvalue weighted by Gasteiger charge is -2.42. The summed E-state index contributed by atoms with van der Waals surface area (Å²) in [4.78, 5) is 2.51. The molecule has 11 aromatic carbocycles. The summed E-state index contributed by atoms with van der Waals surface area (Å²) in [5.74, 6) is 0. The van der Waals surface area contributed by atoms with Crippen molar-refractivity contribution in [2.45, 2.75) is 57.8 Å². The number of anilines is 3. The quantitative estimate of drug-likeness (QED) is 0.161. The molecule has 0 saturated heterocycles. The van der Waals surface area contributed by atoms with E-state index >= 15 is 0 Å². The molecule has 0 amide bonds. The van der Waals surface area contributed by atoms with Crippen LogP contribution in [0, 0.1) is 0 Å². The van der Waals surface area contributed by atoms with Gasteiger partial charge in [0.1, 0.15) is 0 Å². The third-order valence-corrected chi connectivity index (χ3v) is 15.7. The van der Waals surface area contributed by atoms with Crippen LogP contribution in [-0.2, 0) is 16.2 Å². The number of benzene rings is 11. The third-order valence-electron chi connectivity index (χ3n) is 15.7. The minimum atomic E-state index is -0.646. The van der Waals surface area contributed by atoms with Crippen LogP contribution < -0.4 is 4.90 Å². The van der Waals surface area contributed by atoms with Crippen molar-refractivity contribution in [3.63, 3.8) is 0 Å². The number of hydrogen-bond acceptors (Lipinski definition) is 1. The van der Waals surface area contributed by atoms with Gasteiger partial charge in [0.15, 0.2) is 0 Å². The molecule has 1 spiro atoms. The Bertz CT molecular complexity index is 3910. The molecule has 0 aliphatic heterocycles. The van der Waals surface area contributed by atoms with Crippen LogP contribution in [-0.4, -0.2) is 0 Å². The van der Waals surface area contributed by atoms with E-state index < -0.39 is 5.41 Å². The van der Waals surface area contributed by atoms with Gasteiger partial charge >= 0.3 is 0 Å². The molecule has 1 atom stereocenters. The minimum Gasteiger partial charge on any atom is -0.310 e. The Morgan fingerprint density at radius 3 is 1.53 bits per heavy atom. The van der Waals surface area contributed by atoms with E-state index in [4.69, 9.17) is 0 Å². The van der Waals surface area contributed by atoms with Crippen LogP contribution in [0.15, 0.2) is 237 Å². The lowest BCUT2D eigenvalue weighted by Crippen LogP contribution is -2.33. The summed E-state index contributed by atoms with van der Waals surface area (Å²) in [5.41, 5.74) is 22.9. The second-order valence-electron chi connectivity index (χ2n) is 22.0. The lowest BCUT2D eigenvalue weighted by molar-refractivity contribution is 0.593. The van der Waals surface area contributed by atoms with Gasteiger partial charge in [0, 0.05) is 16.9 Å². The van der Waals surface area contributed by atoms with E-state index in [1.165, 1.54) is 111 Å². The topological polar surface area (TPSA) is 3.24 Å². The molecule has 0 heterocycles. The van der Waals surface area contributed by atoms with Crippen molar-refractivity contribution in [1.82, 2.24) is 0 Å². The maximum atomic E-state index is 2.62. The summed E-state index contributed by atoms with van der Waals surface area (Å²) in [6, 6.07) is 89.1. The molecule has 2 aliphatic rings. The van der Waals surface area contributed by atoms with Crippen LogP contribution >= 0.6 is 0 Å². The average molecular weight is 924 g/mol. The molecule has 1 heteroatoms. The van der Waals surface area contributed by atoms with Crippen molar-refractivity contribution in [1.29, 1.82) is 0 Å². The highest BCUT2D eigenvalue weighted by Gasteiger charge is 2.51. The molecule has 0 radical (unpaired) electrons. The maximum Gasteiger partial charge on any atom is 0.0726 e. The van der Waals surface area contributed by atoms with Gasteiger partial charge in [-0.05, 0) is 152 Å².